The highest BCUT2D eigenvalue weighted by molar-refractivity contribution is 7.09. The lowest BCUT2D eigenvalue weighted by Gasteiger charge is -2.20. The normalized spacial score (nSPS) is 17.0. The molecular formula is C21H31N5S. The van der Waals surface area contributed by atoms with Crippen molar-refractivity contribution in [3.05, 3.63) is 57.8 Å². The Morgan fingerprint density at radius 3 is 2.70 bits per heavy atom. The first-order chi connectivity index (χ1) is 13.2. The SMILES string of the molecule is CN1CCCN(Cc2ccc(CN=C(N)NCCc3cccs3)cc2)CC1. The number of guanidine groups is 1. The van der Waals surface area contributed by atoms with Crippen molar-refractivity contribution in [3.8, 4) is 0 Å². The minimum absolute atomic E-state index is 0.518. The highest BCUT2D eigenvalue weighted by Gasteiger charge is 2.12. The van der Waals surface area contributed by atoms with Crippen molar-refractivity contribution < 1.29 is 0 Å². The number of likely N-dealkylation sites (N-methyl/N-ethyl adjacent to an activating group) is 1. The average molecular weight is 386 g/mol. The average Bonchev–Trinajstić information content (AvgIpc) is 3.10. The Morgan fingerprint density at radius 2 is 1.93 bits per heavy atom. The Kier molecular flexibility index (Phi) is 7.68. The number of nitrogens with two attached hydrogens (primary N) is 1. The van der Waals surface area contributed by atoms with Crippen LogP contribution < -0.4 is 11.1 Å². The number of aliphatic imine (C=N–C) groups is 1. The highest BCUT2D eigenvalue weighted by Crippen LogP contribution is 2.11. The maximum atomic E-state index is 5.97. The number of rotatable bonds is 7. The Labute approximate surface area is 166 Å². The fraction of sp³-hybridized carbons (Fsp3) is 0.476. The summed E-state index contributed by atoms with van der Waals surface area (Å²) in [7, 11) is 2.21. The summed E-state index contributed by atoms with van der Waals surface area (Å²) in [4.78, 5) is 10.8. The molecule has 0 aliphatic carbocycles. The Balaban J connectivity index is 1.41. The fourth-order valence-electron chi connectivity index (χ4n) is 3.27. The standard InChI is InChI=1S/C21H31N5S/c1-25-11-3-12-26(14-13-25)17-19-7-5-18(6-8-19)16-24-21(22)23-10-9-20-4-2-15-27-20/h2,4-8,15H,3,9-14,16-17H2,1H3,(H3,22,23,24). The number of nitrogens with zero attached hydrogens (tertiary/aromatic N) is 3. The summed E-state index contributed by atoms with van der Waals surface area (Å²) in [6, 6.07) is 13.0. The number of hydrogen-bond donors (Lipinski definition) is 2. The van der Waals surface area contributed by atoms with Gasteiger partial charge in [-0.15, -0.1) is 11.3 Å². The molecule has 3 rings (SSSR count). The van der Waals surface area contributed by atoms with Gasteiger partial charge in [0.1, 0.15) is 0 Å². The Morgan fingerprint density at radius 1 is 1.11 bits per heavy atom. The van der Waals surface area contributed by atoms with Crippen molar-refractivity contribution in [2.45, 2.75) is 25.9 Å². The molecule has 5 nitrogen and oxygen atoms in total. The number of benzene rings is 1. The van der Waals surface area contributed by atoms with Crippen LogP contribution in [-0.4, -0.2) is 55.5 Å². The zero-order chi connectivity index (χ0) is 18.9. The molecule has 1 aromatic carbocycles. The molecule has 146 valence electrons. The van der Waals surface area contributed by atoms with Crippen LogP contribution in [0, 0.1) is 0 Å². The minimum atomic E-state index is 0.518. The smallest absolute Gasteiger partial charge is 0.188 e. The van der Waals surface area contributed by atoms with Gasteiger partial charge in [0.15, 0.2) is 5.96 Å². The van der Waals surface area contributed by atoms with E-state index >= 15 is 0 Å². The van der Waals surface area contributed by atoms with E-state index < -0.39 is 0 Å². The molecule has 0 unspecified atom stereocenters. The summed E-state index contributed by atoms with van der Waals surface area (Å²) in [5.41, 5.74) is 8.53. The van der Waals surface area contributed by atoms with E-state index in [2.05, 4.69) is 68.9 Å². The topological polar surface area (TPSA) is 56.9 Å². The van der Waals surface area contributed by atoms with E-state index in [0.29, 0.717) is 12.5 Å². The van der Waals surface area contributed by atoms with Gasteiger partial charge < -0.3 is 16.0 Å². The molecule has 27 heavy (non-hydrogen) atoms. The Bertz CT molecular complexity index is 696. The third-order valence-electron chi connectivity index (χ3n) is 4.93. The van der Waals surface area contributed by atoms with Gasteiger partial charge in [-0.25, -0.2) is 4.99 Å². The molecule has 1 aliphatic rings. The summed E-state index contributed by atoms with van der Waals surface area (Å²) in [6.45, 7) is 7.16. The molecule has 1 aromatic heterocycles. The van der Waals surface area contributed by atoms with Crippen LogP contribution in [0.3, 0.4) is 0 Å². The summed E-state index contributed by atoms with van der Waals surface area (Å²) in [6.07, 6.45) is 2.23. The summed E-state index contributed by atoms with van der Waals surface area (Å²) < 4.78 is 0. The van der Waals surface area contributed by atoms with Crippen LogP contribution in [0.5, 0.6) is 0 Å². The molecule has 1 saturated heterocycles. The molecule has 2 heterocycles. The van der Waals surface area contributed by atoms with Crippen molar-refractivity contribution >= 4 is 17.3 Å². The zero-order valence-electron chi connectivity index (χ0n) is 16.2. The van der Waals surface area contributed by atoms with Gasteiger partial charge in [0, 0.05) is 31.1 Å². The van der Waals surface area contributed by atoms with Crippen LogP contribution in [0.25, 0.3) is 0 Å². The molecule has 0 radical (unpaired) electrons. The van der Waals surface area contributed by atoms with Crippen LogP contribution in [0.2, 0.25) is 0 Å². The van der Waals surface area contributed by atoms with Crippen LogP contribution in [0.1, 0.15) is 22.4 Å². The van der Waals surface area contributed by atoms with E-state index in [9.17, 15) is 0 Å². The van der Waals surface area contributed by atoms with Gasteiger partial charge in [-0.1, -0.05) is 30.3 Å². The first-order valence-electron chi connectivity index (χ1n) is 9.74. The maximum Gasteiger partial charge on any atom is 0.188 e. The number of thiophene rings is 1. The van der Waals surface area contributed by atoms with Crippen LogP contribution in [0.4, 0.5) is 0 Å². The van der Waals surface area contributed by atoms with E-state index in [1.165, 1.54) is 35.5 Å². The lowest BCUT2D eigenvalue weighted by molar-refractivity contribution is 0.269. The van der Waals surface area contributed by atoms with Gasteiger partial charge in [0.25, 0.3) is 0 Å². The molecule has 0 saturated carbocycles. The van der Waals surface area contributed by atoms with Gasteiger partial charge in [0.05, 0.1) is 6.54 Å². The predicted octanol–water partition coefficient (Wildman–Crippen LogP) is 2.53. The molecular weight excluding hydrogens is 354 g/mol. The van der Waals surface area contributed by atoms with E-state index in [1.807, 2.05) is 0 Å². The zero-order valence-corrected chi connectivity index (χ0v) is 17.0. The van der Waals surface area contributed by atoms with Gasteiger partial charge in [-0.3, -0.25) is 4.90 Å². The van der Waals surface area contributed by atoms with E-state index in [0.717, 1.165) is 32.6 Å². The van der Waals surface area contributed by atoms with E-state index in [1.54, 1.807) is 11.3 Å². The molecule has 2 aromatic rings. The third-order valence-corrected chi connectivity index (χ3v) is 5.87. The van der Waals surface area contributed by atoms with Gasteiger partial charge >= 0.3 is 0 Å². The van der Waals surface area contributed by atoms with Gasteiger partial charge in [-0.05, 0) is 55.6 Å². The molecule has 6 heteroatoms. The molecule has 0 bridgehead atoms. The second-order valence-electron chi connectivity index (χ2n) is 7.21. The van der Waals surface area contributed by atoms with Gasteiger partial charge in [-0.2, -0.15) is 0 Å². The van der Waals surface area contributed by atoms with Crippen LogP contribution in [0.15, 0.2) is 46.8 Å². The largest absolute Gasteiger partial charge is 0.370 e. The second kappa shape index (κ2) is 10.4. The third kappa shape index (κ3) is 6.97. The van der Waals surface area contributed by atoms with E-state index in [-0.39, 0.29) is 0 Å². The number of hydrogen-bond acceptors (Lipinski definition) is 4. The molecule has 1 aliphatic heterocycles. The highest BCUT2D eigenvalue weighted by atomic mass is 32.1. The van der Waals surface area contributed by atoms with Crippen molar-refractivity contribution in [3.63, 3.8) is 0 Å². The first-order valence-corrected chi connectivity index (χ1v) is 10.6. The van der Waals surface area contributed by atoms with Crippen LogP contribution in [-0.2, 0) is 19.5 Å². The first kappa shape index (κ1) is 19.9. The maximum absolute atomic E-state index is 5.97. The fourth-order valence-corrected chi connectivity index (χ4v) is 3.98. The molecule has 3 N–H and O–H groups in total. The molecule has 0 amide bonds. The quantitative estimate of drug-likeness (QED) is 0.568. The predicted molar refractivity (Wildman–Crippen MR) is 115 cm³/mol. The van der Waals surface area contributed by atoms with Crippen molar-refractivity contribution in [2.24, 2.45) is 10.7 Å². The number of nitrogens with one attached hydrogen (secondary N) is 1. The monoisotopic (exact) mass is 385 g/mol. The van der Waals surface area contributed by atoms with Gasteiger partial charge in [0.2, 0.25) is 0 Å². The van der Waals surface area contributed by atoms with E-state index in [4.69, 9.17) is 5.73 Å². The summed E-state index contributed by atoms with van der Waals surface area (Å²) in [5, 5.41) is 5.29. The summed E-state index contributed by atoms with van der Waals surface area (Å²) >= 11 is 1.77. The Hall–Kier alpha value is -1.89. The second-order valence-corrected chi connectivity index (χ2v) is 8.24. The van der Waals surface area contributed by atoms with Crippen LogP contribution >= 0.6 is 11.3 Å². The summed E-state index contributed by atoms with van der Waals surface area (Å²) in [5.74, 6) is 0.518. The van der Waals surface area contributed by atoms with Crippen molar-refractivity contribution in [1.82, 2.24) is 15.1 Å². The minimum Gasteiger partial charge on any atom is -0.370 e. The molecule has 1 fully saturated rings. The van der Waals surface area contributed by atoms with Crippen molar-refractivity contribution in [1.29, 1.82) is 0 Å². The molecule has 0 spiro atoms. The molecule has 0 atom stereocenters. The lowest BCUT2D eigenvalue weighted by Crippen LogP contribution is -2.33. The van der Waals surface area contributed by atoms with Crippen molar-refractivity contribution in [2.75, 3.05) is 39.8 Å². The lowest BCUT2D eigenvalue weighted by atomic mass is 10.1.